The van der Waals surface area contributed by atoms with Crippen molar-refractivity contribution in [3.63, 3.8) is 0 Å². The molecule has 120 valence electrons. The second-order valence-corrected chi connectivity index (χ2v) is 6.43. The van der Waals surface area contributed by atoms with E-state index >= 15 is 0 Å². The Morgan fingerprint density at radius 2 is 1.96 bits per heavy atom. The van der Waals surface area contributed by atoms with Crippen LogP contribution in [0.2, 0.25) is 0 Å². The van der Waals surface area contributed by atoms with Crippen LogP contribution in [0, 0.1) is 0 Å². The summed E-state index contributed by atoms with van der Waals surface area (Å²) in [4.78, 5) is 9.42. The van der Waals surface area contributed by atoms with Gasteiger partial charge in [0.05, 0.1) is 0 Å². The number of hydrogen-bond acceptors (Lipinski definition) is 4. The maximum atomic E-state index is 4.46. The van der Waals surface area contributed by atoms with Crippen molar-refractivity contribution in [1.82, 2.24) is 9.88 Å². The minimum atomic E-state index is 1.07. The molecule has 2 aliphatic heterocycles. The summed E-state index contributed by atoms with van der Waals surface area (Å²) in [5.41, 5.74) is 4.29. The summed E-state index contributed by atoms with van der Waals surface area (Å²) in [6, 6.07) is 13.1. The highest BCUT2D eigenvalue weighted by molar-refractivity contribution is 5.56. The number of hydrogen-bond donors (Lipinski definition) is 1. The smallest absolute Gasteiger partial charge is 0.128 e. The third-order valence-corrected chi connectivity index (χ3v) is 4.94. The number of fused-ring (bicyclic) bond motifs is 1. The van der Waals surface area contributed by atoms with Crippen molar-refractivity contribution in [2.75, 3.05) is 49.5 Å². The number of aromatic nitrogens is 1. The van der Waals surface area contributed by atoms with Crippen LogP contribution < -0.4 is 10.2 Å². The summed E-state index contributed by atoms with van der Waals surface area (Å²) in [6.45, 7) is 6.65. The highest BCUT2D eigenvalue weighted by Gasteiger charge is 2.17. The van der Waals surface area contributed by atoms with E-state index in [0.29, 0.717) is 0 Å². The van der Waals surface area contributed by atoms with Crippen molar-refractivity contribution in [2.45, 2.75) is 12.8 Å². The van der Waals surface area contributed by atoms with Crippen LogP contribution in [0.4, 0.5) is 11.5 Å². The Balaban J connectivity index is 1.28. The van der Waals surface area contributed by atoms with Gasteiger partial charge in [-0.3, -0.25) is 4.90 Å². The van der Waals surface area contributed by atoms with Gasteiger partial charge >= 0.3 is 0 Å². The van der Waals surface area contributed by atoms with Crippen LogP contribution in [0.1, 0.15) is 11.1 Å². The first kappa shape index (κ1) is 14.5. The number of anilines is 2. The Morgan fingerprint density at radius 3 is 2.78 bits per heavy atom. The van der Waals surface area contributed by atoms with Crippen molar-refractivity contribution in [3.05, 3.63) is 53.7 Å². The second kappa shape index (κ2) is 6.59. The van der Waals surface area contributed by atoms with Crippen molar-refractivity contribution in [3.8, 4) is 0 Å². The van der Waals surface area contributed by atoms with Crippen LogP contribution in [-0.2, 0) is 12.8 Å². The summed E-state index contributed by atoms with van der Waals surface area (Å²) in [6.07, 6.45) is 4.20. The molecule has 2 aromatic rings. The molecule has 23 heavy (non-hydrogen) atoms. The zero-order valence-corrected chi connectivity index (χ0v) is 13.5. The summed E-state index contributed by atoms with van der Waals surface area (Å²) >= 11 is 0. The van der Waals surface area contributed by atoms with Crippen LogP contribution in [0.15, 0.2) is 42.6 Å². The minimum Gasteiger partial charge on any atom is -0.384 e. The van der Waals surface area contributed by atoms with E-state index in [4.69, 9.17) is 0 Å². The molecule has 2 aliphatic rings. The standard InChI is InChI=1S/C19H24N4/c1-2-8-21-19(3-1)23-13-11-22(12-14-23)10-7-16-4-5-18-17(15-16)6-9-20-18/h1-5,8,15,20H,6-7,9-14H2. The van der Waals surface area contributed by atoms with Gasteiger partial charge in [0.1, 0.15) is 5.82 Å². The van der Waals surface area contributed by atoms with Crippen LogP contribution >= 0.6 is 0 Å². The molecule has 0 radical (unpaired) electrons. The Morgan fingerprint density at radius 1 is 1.04 bits per heavy atom. The molecular formula is C19H24N4. The average molecular weight is 308 g/mol. The van der Waals surface area contributed by atoms with E-state index in [1.54, 1.807) is 0 Å². The van der Waals surface area contributed by atoms with Gasteiger partial charge in [-0.1, -0.05) is 18.2 Å². The van der Waals surface area contributed by atoms with E-state index in [1.807, 2.05) is 12.3 Å². The van der Waals surface area contributed by atoms with Gasteiger partial charge in [0, 0.05) is 51.2 Å². The fraction of sp³-hybridized carbons (Fsp3) is 0.421. The largest absolute Gasteiger partial charge is 0.384 e. The van der Waals surface area contributed by atoms with Gasteiger partial charge < -0.3 is 10.2 Å². The molecule has 1 aromatic heterocycles. The molecular weight excluding hydrogens is 284 g/mol. The molecule has 1 saturated heterocycles. The predicted molar refractivity (Wildman–Crippen MR) is 95.2 cm³/mol. The van der Waals surface area contributed by atoms with E-state index in [0.717, 1.165) is 51.5 Å². The van der Waals surface area contributed by atoms with Gasteiger partial charge in [-0.05, 0) is 42.2 Å². The van der Waals surface area contributed by atoms with Crippen LogP contribution in [0.5, 0.6) is 0 Å². The highest BCUT2D eigenvalue weighted by Crippen LogP contribution is 2.23. The fourth-order valence-corrected chi connectivity index (χ4v) is 3.54. The van der Waals surface area contributed by atoms with Crippen LogP contribution in [-0.4, -0.2) is 49.2 Å². The topological polar surface area (TPSA) is 31.4 Å². The lowest BCUT2D eigenvalue weighted by atomic mass is 10.1. The number of nitrogens with one attached hydrogen (secondary N) is 1. The van der Waals surface area contributed by atoms with Crippen LogP contribution in [0.3, 0.4) is 0 Å². The van der Waals surface area contributed by atoms with Crippen molar-refractivity contribution >= 4 is 11.5 Å². The summed E-state index contributed by atoms with van der Waals surface area (Å²) in [7, 11) is 0. The fourth-order valence-electron chi connectivity index (χ4n) is 3.54. The first-order chi connectivity index (χ1) is 11.4. The SMILES string of the molecule is c1ccc(N2CCN(CCc3ccc4c(c3)CCN4)CC2)nc1. The zero-order valence-electron chi connectivity index (χ0n) is 13.5. The van der Waals surface area contributed by atoms with E-state index in [-0.39, 0.29) is 0 Å². The maximum Gasteiger partial charge on any atom is 0.128 e. The van der Waals surface area contributed by atoms with Crippen LogP contribution in [0.25, 0.3) is 0 Å². The molecule has 0 atom stereocenters. The predicted octanol–water partition coefficient (Wildman–Crippen LogP) is 2.41. The number of piperazine rings is 1. The molecule has 1 aromatic carbocycles. The molecule has 0 aliphatic carbocycles. The summed E-state index contributed by atoms with van der Waals surface area (Å²) in [5, 5.41) is 3.43. The molecule has 4 nitrogen and oxygen atoms in total. The molecule has 0 unspecified atom stereocenters. The van der Waals surface area contributed by atoms with Gasteiger partial charge in [0.2, 0.25) is 0 Å². The average Bonchev–Trinajstić information content (AvgIpc) is 3.09. The Hall–Kier alpha value is -2.07. The van der Waals surface area contributed by atoms with E-state index in [2.05, 4.69) is 50.4 Å². The molecule has 3 heterocycles. The maximum absolute atomic E-state index is 4.46. The first-order valence-corrected chi connectivity index (χ1v) is 8.62. The first-order valence-electron chi connectivity index (χ1n) is 8.62. The molecule has 0 amide bonds. The third-order valence-electron chi connectivity index (χ3n) is 4.94. The monoisotopic (exact) mass is 308 g/mol. The summed E-state index contributed by atoms with van der Waals surface area (Å²) in [5.74, 6) is 1.11. The second-order valence-electron chi connectivity index (χ2n) is 6.43. The Kier molecular flexibility index (Phi) is 4.16. The lowest BCUT2D eigenvalue weighted by Crippen LogP contribution is -2.47. The molecule has 0 saturated carbocycles. The molecule has 4 heteroatoms. The number of pyridine rings is 1. The van der Waals surface area contributed by atoms with Gasteiger partial charge in [-0.15, -0.1) is 0 Å². The zero-order chi connectivity index (χ0) is 15.5. The molecule has 0 spiro atoms. The van der Waals surface area contributed by atoms with Gasteiger partial charge in [0.15, 0.2) is 0 Å². The molecule has 1 fully saturated rings. The quantitative estimate of drug-likeness (QED) is 0.940. The number of rotatable bonds is 4. The van der Waals surface area contributed by atoms with E-state index in [1.165, 1.54) is 23.2 Å². The lowest BCUT2D eigenvalue weighted by molar-refractivity contribution is 0.260. The van der Waals surface area contributed by atoms with Crippen molar-refractivity contribution < 1.29 is 0 Å². The highest BCUT2D eigenvalue weighted by atomic mass is 15.3. The van der Waals surface area contributed by atoms with Gasteiger partial charge in [0.25, 0.3) is 0 Å². The van der Waals surface area contributed by atoms with Crippen molar-refractivity contribution in [1.29, 1.82) is 0 Å². The van der Waals surface area contributed by atoms with Gasteiger partial charge in [-0.25, -0.2) is 4.98 Å². The van der Waals surface area contributed by atoms with Crippen molar-refractivity contribution in [2.24, 2.45) is 0 Å². The normalized spacial score (nSPS) is 17.8. The van der Waals surface area contributed by atoms with E-state index < -0.39 is 0 Å². The van der Waals surface area contributed by atoms with E-state index in [9.17, 15) is 0 Å². The molecule has 4 rings (SSSR count). The lowest BCUT2D eigenvalue weighted by Gasteiger charge is -2.35. The Bertz CT molecular complexity index is 648. The molecule has 1 N–H and O–H groups in total. The Labute approximate surface area is 138 Å². The van der Waals surface area contributed by atoms with Gasteiger partial charge in [-0.2, -0.15) is 0 Å². The third kappa shape index (κ3) is 3.32. The number of benzene rings is 1. The summed E-state index contributed by atoms with van der Waals surface area (Å²) < 4.78 is 0. The molecule has 0 bridgehead atoms. The number of nitrogens with zero attached hydrogens (tertiary/aromatic N) is 3. The minimum absolute atomic E-state index is 1.07.